The zero-order chi connectivity index (χ0) is 31.7. The van der Waals surface area contributed by atoms with Crippen molar-refractivity contribution in [2.45, 2.75) is 52.6 Å². The van der Waals surface area contributed by atoms with Crippen LogP contribution in [0.3, 0.4) is 0 Å². The van der Waals surface area contributed by atoms with Gasteiger partial charge in [0.1, 0.15) is 24.3 Å². The molecule has 0 aliphatic carbocycles. The van der Waals surface area contributed by atoms with E-state index in [0.29, 0.717) is 48.8 Å². The van der Waals surface area contributed by atoms with Gasteiger partial charge < -0.3 is 19.6 Å². The summed E-state index contributed by atoms with van der Waals surface area (Å²) in [5, 5.41) is 6.57. The van der Waals surface area contributed by atoms with Crippen molar-refractivity contribution < 1.29 is 19.1 Å². The number of methoxy groups -OCH3 is 1. The van der Waals surface area contributed by atoms with Gasteiger partial charge in [0.05, 0.1) is 18.0 Å². The first-order chi connectivity index (χ1) is 21.2. The van der Waals surface area contributed by atoms with E-state index in [-0.39, 0.29) is 5.56 Å². The molecule has 3 aromatic carbocycles. The molecule has 9 heteroatoms. The molecule has 0 radical (unpaired) electrons. The number of hydrogen-bond donors (Lipinski definition) is 1. The highest BCUT2D eigenvalue weighted by Crippen LogP contribution is 2.26. The summed E-state index contributed by atoms with van der Waals surface area (Å²) in [5.74, 6) is 1.65. The molecule has 0 fully saturated rings. The number of rotatable bonds is 13. The van der Waals surface area contributed by atoms with E-state index in [4.69, 9.17) is 19.3 Å². The first-order valence-corrected chi connectivity index (χ1v) is 14.6. The molecule has 0 atom stereocenters. The summed E-state index contributed by atoms with van der Waals surface area (Å²) in [5.41, 5.74) is 5.19. The summed E-state index contributed by atoms with van der Waals surface area (Å²) >= 11 is 0. The second kappa shape index (κ2) is 14.6. The number of ether oxygens (including phenoxy) is 2. The van der Waals surface area contributed by atoms with Gasteiger partial charge in [0.2, 0.25) is 6.41 Å². The smallest absolute Gasteiger partial charge is 0.261 e. The lowest BCUT2D eigenvalue weighted by Gasteiger charge is -2.25. The van der Waals surface area contributed by atoms with Crippen LogP contribution in [-0.4, -0.2) is 48.2 Å². The molecular weight excluding hydrogens is 556 g/mol. The lowest BCUT2D eigenvalue weighted by atomic mass is 9.96. The largest absolute Gasteiger partial charge is 0.485 e. The van der Waals surface area contributed by atoms with E-state index < -0.39 is 5.60 Å². The number of amidine groups is 1. The monoisotopic (exact) mass is 596 g/mol. The molecular formula is C35H40N4O5. The molecule has 4 rings (SSSR count). The molecule has 1 aromatic heterocycles. The van der Waals surface area contributed by atoms with Gasteiger partial charge in [0.25, 0.3) is 5.56 Å². The maximum Gasteiger partial charge on any atom is 0.261 e. The van der Waals surface area contributed by atoms with Crippen molar-refractivity contribution in [3.05, 3.63) is 111 Å². The number of nitrogens with zero attached hydrogens (tertiary/aromatic N) is 3. The molecule has 1 N–H and O–H groups in total. The quantitative estimate of drug-likeness (QED) is 0.0932. The Bertz CT molecular complexity index is 1660. The number of benzene rings is 3. The van der Waals surface area contributed by atoms with Gasteiger partial charge >= 0.3 is 0 Å². The number of hydrogen-bond acceptors (Lipinski definition) is 7. The molecule has 0 bridgehead atoms. The van der Waals surface area contributed by atoms with Gasteiger partial charge in [-0.25, -0.2) is 4.98 Å². The van der Waals surface area contributed by atoms with Crippen LogP contribution in [0, 0.1) is 6.92 Å². The molecule has 9 nitrogen and oxygen atoms in total. The fourth-order valence-electron chi connectivity index (χ4n) is 5.25. The van der Waals surface area contributed by atoms with Gasteiger partial charge in [0, 0.05) is 24.7 Å². The molecule has 0 saturated heterocycles. The molecule has 44 heavy (non-hydrogen) atoms. The standard InChI is InChI=1S/C35H40N4O5/c1-7-10-32-31(34(41)39(24(2)37-32)27-17-19-28(20-18-27)44-35(3,4)22-42-5)21-25-13-15-26(16-14-25)29-11-8-9-12-30(29)33(36-23-40)38-43-6/h8-9,11-20,23H,7,10,21-22H2,1-6H3,(H,36,38,40). The van der Waals surface area contributed by atoms with Crippen LogP contribution >= 0.6 is 0 Å². The predicted octanol–water partition coefficient (Wildman–Crippen LogP) is 5.61. The SMILES string of the molecule is CCCc1nc(C)n(-c2ccc(OC(C)(C)COC)cc2)c(=O)c1Cc1ccc(-c2ccccc2/C(=N/OC)NC=O)cc1. The maximum absolute atomic E-state index is 14.0. The maximum atomic E-state index is 14.0. The number of carbonyl (C=O) groups is 1. The average molecular weight is 597 g/mol. The normalized spacial score (nSPS) is 11.7. The van der Waals surface area contributed by atoms with E-state index in [0.717, 1.165) is 40.1 Å². The van der Waals surface area contributed by atoms with E-state index in [2.05, 4.69) is 17.4 Å². The van der Waals surface area contributed by atoms with Crippen LogP contribution in [0.1, 0.15) is 55.4 Å². The number of aromatic nitrogens is 2. The molecule has 0 unspecified atom stereocenters. The number of oxime groups is 1. The third-order valence-electron chi connectivity index (χ3n) is 7.10. The molecule has 0 aliphatic rings. The van der Waals surface area contributed by atoms with Gasteiger partial charge in [0.15, 0.2) is 5.84 Å². The summed E-state index contributed by atoms with van der Waals surface area (Å²) in [6.45, 7) is 8.33. The summed E-state index contributed by atoms with van der Waals surface area (Å²) in [4.78, 5) is 35.0. The number of amides is 1. The number of carbonyl (C=O) groups excluding carboxylic acids is 1. The number of nitrogens with one attached hydrogen (secondary N) is 1. The van der Waals surface area contributed by atoms with Crippen molar-refractivity contribution in [2.75, 3.05) is 20.8 Å². The fourth-order valence-corrected chi connectivity index (χ4v) is 5.25. The molecule has 230 valence electrons. The first kappa shape index (κ1) is 32.2. The Morgan fingerprint density at radius 2 is 1.73 bits per heavy atom. The van der Waals surface area contributed by atoms with Crippen molar-refractivity contribution in [3.63, 3.8) is 0 Å². The molecule has 1 amide bonds. The summed E-state index contributed by atoms with van der Waals surface area (Å²) in [6, 6.07) is 23.1. The van der Waals surface area contributed by atoms with Gasteiger partial charge in [-0.1, -0.05) is 67.0 Å². The van der Waals surface area contributed by atoms with E-state index in [1.807, 2.05) is 93.6 Å². The predicted molar refractivity (Wildman–Crippen MR) is 173 cm³/mol. The Morgan fingerprint density at radius 3 is 2.36 bits per heavy atom. The third kappa shape index (κ3) is 7.60. The van der Waals surface area contributed by atoms with Gasteiger partial charge in [-0.15, -0.1) is 0 Å². The van der Waals surface area contributed by atoms with Crippen LogP contribution in [0.15, 0.2) is 82.7 Å². The van der Waals surface area contributed by atoms with Crippen molar-refractivity contribution in [1.29, 1.82) is 0 Å². The Morgan fingerprint density at radius 1 is 1.02 bits per heavy atom. The Balaban J connectivity index is 1.67. The first-order valence-electron chi connectivity index (χ1n) is 14.6. The summed E-state index contributed by atoms with van der Waals surface area (Å²) in [7, 11) is 3.08. The van der Waals surface area contributed by atoms with Crippen molar-refractivity contribution >= 4 is 12.2 Å². The Labute approximate surface area is 258 Å². The fraction of sp³-hybridized carbons (Fsp3) is 0.314. The molecule has 0 spiro atoms. The zero-order valence-electron chi connectivity index (χ0n) is 26.2. The summed E-state index contributed by atoms with van der Waals surface area (Å²) < 4.78 is 13.0. The van der Waals surface area contributed by atoms with Gasteiger partial charge in [-0.3, -0.25) is 14.2 Å². The molecule has 0 saturated carbocycles. The van der Waals surface area contributed by atoms with Crippen LogP contribution in [0.5, 0.6) is 5.75 Å². The summed E-state index contributed by atoms with van der Waals surface area (Å²) in [6.07, 6.45) is 2.60. The van der Waals surface area contributed by atoms with Gasteiger partial charge in [-0.2, -0.15) is 0 Å². The van der Waals surface area contributed by atoms with Crippen LogP contribution in [0.2, 0.25) is 0 Å². The lowest BCUT2D eigenvalue weighted by Crippen LogP contribution is -2.33. The Kier molecular flexibility index (Phi) is 10.7. The second-order valence-electron chi connectivity index (χ2n) is 11.1. The van der Waals surface area contributed by atoms with E-state index >= 15 is 0 Å². The van der Waals surface area contributed by atoms with E-state index in [1.165, 1.54) is 7.11 Å². The van der Waals surface area contributed by atoms with Gasteiger partial charge in [-0.05, 0) is 68.1 Å². The van der Waals surface area contributed by atoms with Crippen molar-refractivity contribution in [2.24, 2.45) is 5.16 Å². The van der Waals surface area contributed by atoms with E-state index in [1.54, 1.807) is 11.7 Å². The van der Waals surface area contributed by atoms with E-state index in [9.17, 15) is 9.59 Å². The lowest BCUT2D eigenvalue weighted by molar-refractivity contribution is -0.108. The zero-order valence-corrected chi connectivity index (χ0v) is 26.2. The molecule has 1 heterocycles. The molecule has 0 aliphatic heterocycles. The topological polar surface area (TPSA) is 104 Å². The third-order valence-corrected chi connectivity index (χ3v) is 7.10. The van der Waals surface area contributed by atoms with Crippen molar-refractivity contribution in [1.82, 2.24) is 14.9 Å². The van der Waals surface area contributed by atoms with Crippen LogP contribution in [0.25, 0.3) is 16.8 Å². The highest BCUT2D eigenvalue weighted by atomic mass is 16.6. The van der Waals surface area contributed by atoms with Crippen LogP contribution in [-0.2, 0) is 27.2 Å². The minimum absolute atomic E-state index is 0.0795. The molecule has 4 aromatic rings. The van der Waals surface area contributed by atoms with Crippen LogP contribution in [0.4, 0.5) is 0 Å². The second-order valence-corrected chi connectivity index (χ2v) is 11.1. The highest BCUT2D eigenvalue weighted by Gasteiger charge is 2.20. The van der Waals surface area contributed by atoms with Crippen molar-refractivity contribution in [3.8, 4) is 22.6 Å². The average Bonchev–Trinajstić information content (AvgIpc) is 3.00. The minimum Gasteiger partial charge on any atom is -0.485 e. The highest BCUT2D eigenvalue weighted by molar-refractivity contribution is 6.08. The minimum atomic E-state index is -0.483. The Hall–Kier alpha value is -4.76. The van der Waals surface area contributed by atoms with Crippen LogP contribution < -0.4 is 15.6 Å². The number of aryl methyl sites for hydroxylation is 2.